The average Bonchev–Trinajstić information content (AvgIpc) is 2.87. The van der Waals surface area contributed by atoms with Gasteiger partial charge in [-0.3, -0.25) is 0 Å². The van der Waals surface area contributed by atoms with E-state index in [2.05, 4.69) is 11.9 Å². The smallest absolute Gasteiger partial charge is 0.0750 e. The molecule has 76 valence electrons. The molecule has 0 spiro atoms. The van der Waals surface area contributed by atoms with Crippen LogP contribution in [0.2, 0.25) is 0 Å². The van der Waals surface area contributed by atoms with E-state index in [1.165, 1.54) is 38.6 Å². The SMILES string of the molecule is CN1CCCCC1C1(CON)CC1. The molecule has 2 rings (SSSR count). The number of hydrogen-bond acceptors (Lipinski definition) is 3. The Labute approximate surface area is 80.2 Å². The fourth-order valence-electron chi connectivity index (χ4n) is 2.75. The second-order valence-electron chi connectivity index (χ2n) is 4.67. The van der Waals surface area contributed by atoms with E-state index in [0.717, 1.165) is 12.6 Å². The van der Waals surface area contributed by atoms with Gasteiger partial charge >= 0.3 is 0 Å². The van der Waals surface area contributed by atoms with E-state index in [4.69, 9.17) is 10.7 Å². The van der Waals surface area contributed by atoms with Crippen LogP contribution >= 0.6 is 0 Å². The Morgan fingerprint density at radius 3 is 2.77 bits per heavy atom. The Kier molecular flexibility index (Phi) is 2.58. The van der Waals surface area contributed by atoms with Crippen molar-refractivity contribution in [3.63, 3.8) is 0 Å². The lowest BCUT2D eigenvalue weighted by molar-refractivity contribution is 0.0287. The molecule has 0 amide bonds. The van der Waals surface area contributed by atoms with Crippen molar-refractivity contribution in [2.24, 2.45) is 11.3 Å². The summed E-state index contributed by atoms with van der Waals surface area (Å²) in [6, 6.07) is 0.727. The first-order chi connectivity index (χ1) is 6.28. The van der Waals surface area contributed by atoms with E-state index in [9.17, 15) is 0 Å². The van der Waals surface area contributed by atoms with Crippen LogP contribution in [-0.2, 0) is 4.84 Å². The Bertz CT molecular complexity index is 180. The van der Waals surface area contributed by atoms with Crippen molar-refractivity contribution in [2.75, 3.05) is 20.2 Å². The van der Waals surface area contributed by atoms with Gasteiger partial charge in [0.2, 0.25) is 0 Å². The molecule has 0 aromatic rings. The van der Waals surface area contributed by atoms with Gasteiger partial charge in [0.05, 0.1) is 6.61 Å². The lowest BCUT2D eigenvalue weighted by Gasteiger charge is -2.38. The molecule has 2 N–H and O–H groups in total. The van der Waals surface area contributed by atoms with E-state index in [1.807, 2.05) is 0 Å². The van der Waals surface area contributed by atoms with Crippen LogP contribution in [0.25, 0.3) is 0 Å². The Morgan fingerprint density at radius 2 is 2.23 bits per heavy atom. The van der Waals surface area contributed by atoms with Crippen LogP contribution in [0.1, 0.15) is 32.1 Å². The Hall–Kier alpha value is -0.120. The standard InChI is InChI=1S/C10H20N2O/c1-12-7-3-2-4-9(12)10(5-6-10)8-13-11/h9H,2-8,11H2,1H3. The zero-order valence-corrected chi connectivity index (χ0v) is 8.46. The van der Waals surface area contributed by atoms with Gasteiger partial charge in [-0.1, -0.05) is 6.42 Å². The number of likely N-dealkylation sites (tertiary alicyclic amines) is 1. The molecule has 3 nitrogen and oxygen atoms in total. The van der Waals surface area contributed by atoms with Crippen LogP contribution < -0.4 is 5.90 Å². The second-order valence-corrected chi connectivity index (χ2v) is 4.67. The number of rotatable bonds is 3. The summed E-state index contributed by atoms with van der Waals surface area (Å²) < 4.78 is 0. The third kappa shape index (κ3) is 1.73. The maximum Gasteiger partial charge on any atom is 0.0750 e. The van der Waals surface area contributed by atoms with Crippen LogP contribution in [0.5, 0.6) is 0 Å². The lowest BCUT2D eigenvalue weighted by Crippen LogP contribution is -2.44. The van der Waals surface area contributed by atoms with Crippen molar-refractivity contribution >= 4 is 0 Å². The highest BCUT2D eigenvalue weighted by Crippen LogP contribution is 2.52. The minimum atomic E-state index is 0.421. The molecule has 1 aliphatic heterocycles. The topological polar surface area (TPSA) is 38.5 Å². The van der Waals surface area contributed by atoms with Crippen LogP contribution in [0, 0.1) is 5.41 Å². The van der Waals surface area contributed by atoms with Gasteiger partial charge in [0.1, 0.15) is 0 Å². The third-order valence-corrected chi connectivity index (χ3v) is 3.74. The molecule has 1 aliphatic carbocycles. The number of hydrogen-bond donors (Lipinski definition) is 1. The minimum Gasteiger partial charge on any atom is -0.304 e. The third-order valence-electron chi connectivity index (χ3n) is 3.74. The summed E-state index contributed by atoms with van der Waals surface area (Å²) >= 11 is 0. The molecule has 1 saturated carbocycles. The molecule has 1 saturated heterocycles. The maximum absolute atomic E-state index is 5.19. The van der Waals surface area contributed by atoms with E-state index in [0.29, 0.717) is 5.41 Å². The molecule has 0 bridgehead atoms. The summed E-state index contributed by atoms with van der Waals surface area (Å²) in [4.78, 5) is 7.34. The average molecular weight is 184 g/mol. The first-order valence-electron chi connectivity index (χ1n) is 5.30. The summed E-state index contributed by atoms with van der Waals surface area (Å²) in [7, 11) is 2.24. The molecule has 1 heterocycles. The zero-order valence-electron chi connectivity index (χ0n) is 8.46. The number of nitrogens with zero attached hydrogens (tertiary/aromatic N) is 1. The summed E-state index contributed by atoms with van der Waals surface area (Å²) in [5.41, 5.74) is 0.421. The van der Waals surface area contributed by atoms with Crippen molar-refractivity contribution in [3.8, 4) is 0 Å². The van der Waals surface area contributed by atoms with Crippen molar-refractivity contribution in [1.29, 1.82) is 0 Å². The highest BCUT2D eigenvalue weighted by Gasteiger charge is 2.51. The normalized spacial score (nSPS) is 33.2. The first-order valence-corrected chi connectivity index (χ1v) is 5.30. The molecular weight excluding hydrogens is 164 g/mol. The zero-order chi connectivity index (χ0) is 9.31. The molecule has 1 atom stereocenters. The molecule has 3 heteroatoms. The predicted molar refractivity (Wildman–Crippen MR) is 52.1 cm³/mol. The monoisotopic (exact) mass is 184 g/mol. The minimum absolute atomic E-state index is 0.421. The van der Waals surface area contributed by atoms with E-state index >= 15 is 0 Å². The fraction of sp³-hybridized carbons (Fsp3) is 1.00. The summed E-state index contributed by atoms with van der Waals surface area (Å²) in [6.45, 7) is 2.00. The van der Waals surface area contributed by atoms with Crippen molar-refractivity contribution in [3.05, 3.63) is 0 Å². The summed E-state index contributed by atoms with van der Waals surface area (Å²) in [6.07, 6.45) is 6.67. The van der Waals surface area contributed by atoms with Crippen molar-refractivity contribution < 1.29 is 4.84 Å². The van der Waals surface area contributed by atoms with E-state index < -0.39 is 0 Å². The van der Waals surface area contributed by atoms with Crippen LogP contribution in [0.15, 0.2) is 0 Å². The molecule has 0 aromatic heterocycles. The molecule has 2 fully saturated rings. The number of piperidine rings is 1. The van der Waals surface area contributed by atoms with Crippen LogP contribution in [0.3, 0.4) is 0 Å². The lowest BCUT2D eigenvalue weighted by atomic mass is 9.88. The van der Waals surface area contributed by atoms with E-state index in [-0.39, 0.29) is 0 Å². The van der Waals surface area contributed by atoms with Crippen molar-refractivity contribution in [1.82, 2.24) is 4.90 Å². The Morgan fingerprint density at radius 1 is 1.46 bits per heavy atom. The quantitative estimate of drug-likeness (QED) is 0.668. The summed E-state index contributed by atoms with van der Waals surface area (Å²) in [5.74, 6) is 5.19. The molecule has 13 heavy (non-hydrogen) atoms. The highest BCUT2D eigenvalue weighted by molar-refractivity contribution is 5.03. The van der Waals surface area contributed by atoms with Crippen LogP contribution in [-0.4, -0.2) is 31.1 Å². The predicted octanol–water partition coefficient (Wildman–Crippen LogP) is 1.14. The molecule has 0 radical (unpaired) electrons. The fourth-order valence-corrected chi connectivity index (χ4v) is 2.75. The van der Waals surface area contributed by atoms with Gasteiger partial charge in [-0.25, -0.2) is 5.90 Å². The number of nitrogens with two attached hydrogens (primary N) is 1. The van der Waals surface area contributed by atoms with Gasteiger partial charge in [0.25, 0.3) is 0 Å². The maximum atomic E-state index is 5.19. The van der Waals surface area contributed by atoms with Gasteiger partial charge < -0.3 is 9.74 Å². The molecule has 0 aromatic carbocycles. The molecular formula is C10H20N2O. The largest absolute Gasteiger partial charge is 0.304 e. The summed E-state index contributed by atoms with van der Waals surface area (Å²) in [5, 5.41) is 0. The first kappa shape index (κ1) is 9.44. The van der Waals surface area contributed by atoms with Crippen LogP contribution in [0.4, 0.5) is 0 Å². The van der Waals surface area contributed by atoms with Gasteiger partial charge in [0.15, 0.2) is 0 Å². The second kappa shape index (κ2) is 3.56. The molecule has 1 unspecified atom stereocenters. The Balaban J connectivity index is 1.97. The molecule has 2 aliphatic rings. The van der Waals surface area contributed by atoms with E-state index in [1.54, 1.807) is 0 Å². The van der Waals surface area contributed by atoms with Gasteiger partial charge in [-0.15, -0.1) is 0 Å². The van der Waals surface area contributed by atoms with Gasteiger partial charge in [0, 0.05) is 11.5 Å². The van der Waals surface area contributed by atoms with Crippen molar-refractivity contribution in [2.45, 2.75) is 38.1 Å². The van der Waals surface area contributed by atoms with Gasteiger partial charge in [-0.05, 0) is 39.3 Å². The highest BCUT2D eigenvalue weighted by atomic mass is 16.6. The van der Waals surface area contributed by atoms with Gasteiger partial charge in [-0.2, -0.15) is 0 Å².